The summed E-state index contributed by atoms with van der Waals surface area (Å²) in [5.74, 6) is 0.0755. The van der Waals surface area contributed by atoms with Crippen LogP contribution in [0.5, 0.6) is 0 Å². The Balaban J connectivity index is 1.32. The van der Waals surface area contributed by atoms with Gasteiger partial charge in [-0.3, -0.25) is 0 Å². The second-order valence-electron chi connectivity index (χ2n) is 8.72. The van der Waals surface area contributed by atoms with E-state index in [2.05, 4.69) is 43.0 Å². The second kappa shape index (κ2) is 7.03. The Morgan fingerprint density at radius 3 is 2.17 bits per heavy atom. The number of amides is 1. The molecule has 150 valence electrons. The highest BCUT2D eigenvalue weighted by molar-refractivity contribution is 5.79. The minimum atomic E-state index is -0.728. The zero-order valence-corrected chi connectivity index (χ0v) is 16.6. The maximum atomic E-state index is 13.0. The van der Waals surface area contributed by atoms with E-state index in [0.29, 0.717) is 25.9 Å². The van der Waals surface area contributed by atoms with Crippen molar-refractivity contribution in [1.82, 2.24) is 4.90 Å². The normalized spacial score (nSPS) is 27.4. The number of hydrogen-bond acceptors (Lipinski definition) is 3. The minimum absolute atomic E-state index is 0.0642. The topological polar surface area (TPSA) is 49.8 Å². The van der Waals surface area contributed by atoms with Crippen LogP contribution in [0.1, 0.15) is 49.1 Å². The van der Waals surface area contributed by atoms with Crippen molar-refractivity contribution in [3.05, 3.63) is 72.3 Å². The predicted octanol–water partition coefficient (Wildman–Crippen LogP) is 4.87. The monoisotopic (exact) mass is 389 g/mol. The lowest BCUT2D eigenvalue weighted by Gasteiger charge is -2.43. The van der Waals surface area contributed by atoms with Gasteiger partial charge in [0.05, 0.1) is 5.60 Å². The molecule has 1 N–H and O–H groups in total. The van der Waals surface area contributed by atoms with E-state index in [0.717, 1.165) is 12.8 Å². The third-order valence-electron chi connectivity index (χ3n) is 6.92. The highest BCUT2D eigenvalue weighted by Gasteiger charge is 2.49. The lowest BCUT2D eigenvalue weighted by atomic mass is 9.84. The minimum Gasteiger partial charge on any atom is -0.448 e. The van der Waals surface area contributed by atoms with Crippen LogP contribution < -0.4 is 0 Å². The standard InChI is InChI=1S/C25H27NO3/c1-2-13-25(28)14-17-11-12-18(15-25)26(17)24(27)29-16-23-21-9-5-3-7-19(21)20-8-4-6-10-22(20)23/h2-10,17-18,23,28H,1,11-16H2. The quantitative estimate of drug-likeness (QED) is 0.759. The molecular weight excluding hydrogens is 362 g/mol. The molecule has 29 heavy (non-hydrogen) atoms. The van der Waals surface area contributed by atoms with E-state index in [1.54, 1.807) is 6.08 Å². The number of benzene rings is 2. The van der Waals surface area contributed by atoms with Gasteiger partial charge in [-0.25, -0.2) is 4.79 Å². The Morgan fingerprint density at radius 2 is 1.62 bits per heavy atom. The van der Waals surface area contributed by atoms with E-state index >= 15 is 0 Å². The fourth-order valence-corrected chi connectivity index (χ4v) is 5.72. The van der Waals surface area contributed by atoms with Gasteiger partial charge in [-0.15, -0.1) is 6.58 Å². The molecule has 2 unspecified atom stereocenters. The van der Waals surface area contributed by atoms with E-state index < -0.39 is 5.60 Å². The molecule has 1 amide bonds. The first-order valence-electron chi connectivity index (χ1n) is 10.6. The molecule has 3 aliphatic rings. The number of fused-ring (bicyclic) bond motifs is 5. The van der Waals surface area contributed by atoms with Gasteiger partial charge in [0.2, 0.25) is 0 Å². The zero-order chi connectivity index (χ0) is 20.0. The third-order valence-corrected chi connectivity index (χ3v) is 6.92. The highest BCUT2D eigenvalue weighted by Crippen LogP contribution is 2.45. The molecule has 5 rings (SSSR count). The summed E-state index contributed by atoms with van der Waals surface area (Å²) in [6, 6.07) is 16.9. The third kappa shape index (κ3) is 3.06. The summed E-state index contributed by atoms with van der Waals surface area (Å²) < 4.78 is 5.87. The van der Waals surface area contributed by atoms with Gasteiger partial charge in [0.25, 0.3) is 0 Å². The van der Waals surface area contributed by atoms with Crippen molar-refractivity contribution < 1.29 is 14.6 Å². The molecule has 2 fully saturated rings. The largest absolute Gasteiger partial charge is 0.448 e. The van der Waals surface area contributed by atoms with Crippen LogP contribution in [0, 0.1) is 0 Å². The molecule has 0 spiro atoms. The molecular formula is C25H27NO3. The summed E-state index contributed by atoms with van der Waals surface area (Å²) in [5, 5.41) is 10.8. The molecule has 2 aromatic rings. The molecule has 2 saturated heterocycles. The predicted molar refractivity (Wildman–Crippen MR) is 113 cm³/mol. The van der Waals surface area contributed by atoms with Gasteiger partial charge in [0, 0.05) is 18.0 Å². The second-order valence-corrected chi connectivity index (χ2v) is 8.72. The number of piperidine rings is 1. The van der Waals surface area contributed by atoms with Crippen molar-refractivity contribution in [2.45, 2.75) is 55.7 Å². The summed E-state index contributed by atoms with van der Waals surface area (Å²) in [6.45, 7) is 4.12. The van der Waals surface area contributed by atoms with Crippen LogP contribution in [-0.2, 0) is 4.74 Å². The van der Waals surface area contributed by atoms with Crippen molar-refractivity contribution >= 4 is 6.09 Å². The van der Waals surface area contributed by atoms with Gasteiger partial charge >= 0.3 is 6.09 Å². The Kier molecular flexibility index (Phi) is 4.47. The molecule has 0 aromatic heterocycles. The molecule has 2 heterocycles. The first kappa shape index (κ1) is 18.4. The highest BCUT2D eigenvalue weighted by atomic mass is 16.6. The number of ether oxygens (including phenoxy) is 1. The van der Waals surface area contributed by atoms with Crippen LogP contribution in [0.2, 0.25) is 0 Å². The van der Waals surface area contributed by atoms with Gasteiger partial charge in [-0.2, -0.15) is 0 Å². The first-order chi connectivity index (χ1) is 14.1. The molecule has 2 aromatic carbocycles. The van der Waals surface area contributed by atoms with E-state index in [1.165, 1.54) is 22.3 Å². The van der Waals surface area contributed by atoms with Gasteiger partial charge in [0.15, 0.2) is 0 Å². The smallest absolute Gasteiger partial charge is 0.410 e. The number of hydrogen-bond donors (Lipinski definition) is 1. The Labute approximate surface area is 171 Å². The van der Waals surface area contributed by atoms with Gasteiger partial charge in [-0.1, -0.05) is 54.6 Å². The summed E-state index contributed by atoms with van der Waals surface area (Å²) in [4.78, 5) is 14.9. The first-order valence-corrected chi connectivity index (χ1v) is 10.6. The van der Waals surface area contributed by atoms with E-state index in [4.69, 9.17) is 4.74 Å². The maximum absolute atomic E-state index is 13.0. The van der Waals surface area contributed by atoms with Crippen LogP contribution >= 0.6 is 0 Å². The van der Waals surface area contributed by atoms with Gasteiger partial charge < -0.3 is 14.7 Å². The summed E-state index contributed by atoms with van der Waals surface area (Å²) in [7, 11) is 0. The van der Waals surface area contributed by atoms with Crippen molar-refractivity contribution in [2.75, 3.05) is 6.61 Å². The maximum Gasteiger partial charge on any atom is 0.410 e. The van der Waals surface area contributed by atoms with Crippen LogP contribution in [0.15, 0.2) is 61.2 Å². The van der Waals surface area contributed by atoms with E-state index in [-0.39, 0.29) is 24.1 Å². The number of rotatable bonds is 4. The fraction of sp³-hybridized carbons (Fsp3) is 0.400. The van der Waals surface area contributed by atoms with Crippen molar-refractivity contribution in [3.8, 4) is 11.1 Å². The molecule has 2 atom stereocenters. The van der Waals surface area contributed by atoms with Crippen molar-refractivity contribution in [1.29, 1.82) is 0 Å². The van der Waals surface area contributed by atoms with Crippen molar-refractivity contribution in [2.24, 2.45) is 0 Å². The molecule has 0 radical (unpaired) electrons. The molecule has 2 bridgehead atoms. The number of aliphatic hydroxyl groups is 1. The summed E-state index contributed by atoms with van der Waals surface area (Å²) in [5.41, 5.74) is 4.19. The summed E-state index contributed by atoms with van der Waals surface area (Å²) in [6.07, 6.45) is 5.23. The van der Waals surface area contributed by atoms with Crippen LogP contribution in [0.25, 0.3) is 11.1 Å². The van der Waals surface area contributed by atoms with Crippen LogP contribution in [0.4, 0.5) is 4.79 Å². The zero-order valence-electron chi connectivity index (χ0n) is 16.6. The average Bonchev–Trinajstić information content (AvgIpc) is 3.19. The number of carbonyl (C=O) groups excluding carboxylic acids is 1. The Hall–Kier alpha value is -2.59. The van der Waals surface area contributed by atoms with E-state index in [9.17, 15) is 9.90 Å². The average molecular weight is 389 g/mol. The summed E-state index contributed by atoms with van der Waals surface area (Å²) >= 11 is 0. The fourth-order valence-electron chi connectivity index (χ4n) is 5.72. The molecule has 0 saturated carbocycles. The number of carbonyl (C=O) groups is 1. The van der Waals surface area contributed by atoms with Crippen LogP contribution in [-0.4, -0.2) is 40.4 Å². The number of nitrogens with zero attached hydrogens (tertiary/aromatic N) is 1. The lowest BCUT2D eigenvalue weighted by molar-refractivity contribution is -0.0462. The van der Waals surface area contributed by atoms with Gasteiger partial charge in [-0.05, 0) is 54.4 Å². The molecule has 2 aliphatic heterocycles. The van der Waals surface area contributed by atoms with Crippen LogP contribution in [0.3, 0.4) is 0 Å². The molecule has 1 aliphatic carbocycles. The van der Waals surface area contributed by atoms with Crippen molar-refractivity contribution in [3.63, 3.8) is 0 Å². The lowest BCUT2D eigenvalue weighted by Crippen LogP contribution is -2.53. The molecule has 4 nitrogen and oxygen atoms in total. The SMILES string of the molecule is C=CCC1(O)CC2CCC(C1)N2C(=O)OCC1c2ccccc2-c2ccccc21. The Morgan fingerprint density at radius 1 is 1.07 bits per heavy atom. The van der Waals surface area contributed by atoms with Gasteiger partial charge in [0.1, 0.15) is 6.61 Å². The van der Waals surface area contributed by atoms with E-state index in [1.807, 2.05) is 17.0 Å². The molecule has 4 heteroatoms. The Bertz CT molecular complexity index is 893.